The van der Waals surface area contributed by atoms with Gasteiger partial charge in [-0.1, -0.05) is 24.3 Å². The molecular formula is C31H36N8O2. The smallest absolute Gasteiger partial charge is 0.251 e. The topological polar surface area (TPSA) is 122 Å². The summed E-state index contributed by atoms with van der Waals surface area (Å²) < 4.78 is 0. The Bertz CT molecular complexity index is 1670. The molecule has 5 rings (SSSR count). The molecule has 3 aromatic carbocycles. The largest absolute Gasteiger partial charge is 0.352 e. The Morgan fingerprint density at radius 1 is 0.659 bits per heavy atom. The lowest BCUT2D eigenvalue weighted by atomic mass is 10.1. The molecule has 5 aromatic rings. The van der Waals surface area contributed by atoms with E-state index in [-0.39, 0.29) is 11.8 Å². The van der Waals surface area contributed by atoms with Crippen molar-refractivity contribution < 1.29 is 9.59 Å². The lowest BCUT2D eigenvalue weighted by Gasteiger charge is -2.10. The van der Waals surface area contributed by atoms with Gasteiger partial charge in [0.15, 0.2) is 0 Å². The highest BCUT2D eigenvalue weighted by atomic mass is 16.2. The van der Waals surface area contributed by atoms with Gasteiger partial charge in [0.1, 0.15) is 11.6 Å². The van der Waals surface area contributed by atoms with Crippen LogP contribution in [0.5, 0.6) is 0 Å². The van der Waals surface area contributed by atoms with Gasteiger partial charge in [0.05, 0.1) is 22.1 Å². The number of likely N-dealkylation sites (N-methyl/N-ethyl adjacent to an activating group) is 1. The number of carbonyl (C=O) groups excluding carboxylic acids is 2. The van der Waals surface area contributed by atoms with Crippen molar-refractivity contribution in [1.82, 2.24) is 40.4 Å². The van der Waals surface area contributed by atoms with Crippen molar-refractivity contribution in [2.24, 2.45) is 0 Å². The van der Waals surface area contributed by atoms with Crippen LogP contribution in [0.3, 0.4) is 0 Å². The van der Waals surface area contributed by atoms with Crippen molar-refractivity contribution in [3.8, 4) is 22.8 Å². The first-order valence-electron chi connectivity index (χ1n) is 13.7. The molecule has 0 saturated carbocycles. The van der Waals surface area contributed by atoms with Crippen LogP contribution < -0.4 is 10.6 Å². The Morgan fingerprint density at radius 2 is 1.12 bits per heavy atom. The van der Waals surface area contributed by atoms with Crippen molar-refractivity contribution in [3.63, 3.8) is 0 Å². The van der Waals surface area contributed by atoms with Crippen LogP contribution in [0.4, 0.5) is 0 Å². The number of H-pyrrole nitrogens is 2. The summed E-state index contributed by atoms with van der Waals surface area (Å²) in [7, 11) is 7.98. The van der Waals surface area contributed by atoms with Crippen LogP contribution in [0.15, 0.2) is 60.7 Å². The zero-order chi connectivity index (χ0) is 28.9. The third kappa shape index (κ3) is 6.79. The van der Waals surface area contributed by atoms with Gasteiger partial charge in [-0.25, -0.2) is 9.97 Å². The molecule has 0 saturated heterocycles. The molecule has 0 aliphatic rings. The molecule has 0 aliphatic carbocycles. The number of hydrogen-bond acceptors (Lipinski definition) is 6. The first-order chi connectivity index (χ1) is 19.8. The van der Waals surface area contributed by atoms with E-state index in [1.54, 1.807) is 12.1 Å². The molecule has 2 heterocycles. The predicted octanol–water partition coefficient (Wildman–Crippen LogP) is 3.75. The zero-order valence-electron chi connectivity index (χ0n) is 23.9. The monoisotopic (exact) mass is 552 g/mol. The fraction of sp³-hybridized carbons (Fsp3) is 0.290. The van der Waals surface area contributed by atoms with Gasteiger partial charge >= 0.3 is 0 Å². The summed E-state index contributed by atoms with van der Waals surface area (Å²) >= 11 is 0. The first-order valence-corrected chi connectivity index (χ1v) is 13.7. The Kier molecular flexibility index (Phi) is 8.42. The molecule has 0 aliphatic heterocycles. The molecule has 10 heteroatoms. The average Bonchev–Trinajstić information content (AvgIpc) is 3.58. The fourth-order valence-electron chi connectivity index (χ4n) is 4.56. The van der Waals surface area contributed by atoms with Crippen molar-refractivity contribution in [1.29, 1.82) is 0 Å². The van der Waals surface area contributed by atoms with Crippen LogP contribution in [0, 0.1) is 0 Å². The lowest BCUT2D eigenvalue weighted by Crippen LogP contribution is -2.31. The summed E-state index contributed by atoms with van der Waals surface area (Å²) in [5, 5.41) is 5.92. The number of imidazole rings is 2. The van der Waals surface area contributed by atoms with Crippen LogP contribution in [0.25, 0.3) is 44.8 Å². The molecule has 41 heavy (non-hydrogen) atoms. The van der Waals surface area contributed by atoms with Gasteiger partial charge < -0.3 is 30.4 Å². The van der Waals surface area contributed by atoms with Gasteiger partial charge in [-0.3, -0.25) is 9.59 Å². The molecule has 0 unspecified atom stereocenters. The molecule has 2 aromatic heterocycles. The maximum absolute atomic E-state index is 12.6. The minimum atomic E-state index is -0.104. The number of nitrogens with one attached hydrogen (secondary N) is 4. The van der Waals surface area contributed by atoms with Crippen LogP contribution in [0.1, 0.15) is 27.1 Å². The molecule has 0 bridgehead atoms. The van der Waals surface area contributed by atoms with E-state index < -0.39 is 0 Å². The van der Waals surface area contributed by atoms with Crippen LogP contribution >= 0.6 is 0 Å². The van der Waals surface area contributed by atoms with Gasteiger partial charge in [-0.2, -0.15) is 0 Å². The molecular weight excluding hydrogens is 516 g/mol. The number of nitrogens with zero attached hydrogens (tertiary/aromatic N) is 4. The predicted molar refractivity (Wildman–Crippen MR) is 163 cm³/mol. The van der Waals surface area contributed by atoms with E-state index in [2.05, 4.69) is 25.5 Å². The minimum absolute atomic E-state index is 0.0888. The van der Waals surface area contributed by atoms with E-state index >= 15 is 0 Å². The number of fused-ring (bicyclic) bond motifs is 2. The maximum Gasteiger partial charge on any atom is 0.251 e. The second-order valence-electron chi connectivity index (χ2n) is 10.7. The van der Waals surface area contributed by atoms with Crippen molar-refractivity contribution >= 4 is 33.9 Å². The van der Waals surface area contributed by atoms with Crippen molar-refractivity contribution in [2.75, 3.05) is 54.4 Å². The molecule has 0 atom stereocenters. The molecule has 0 spiro atoms. The highest BCUT2D eigenvalue weighted by molar-refractivity contribution is 5.98. The standard InChI is InChI=1S/C31H36N8O2/c1-38(2)16-5-14-32-30(40)22-10-12-24-26(18-22)36-28(34-24)20-6-8-21(9-7-20)29-35-25-13-11-23(19-27(25)37-29)31(41)33-15-17-39(3)4/h6-13,18-19H,5,14-17H2,1-4H3,(H,32,40)(H,33,41)(H,34,36)(H,35,37). The summed E-state index contributed by atoms with van der Waals surface area (Å²) in [6, 6.07) is 18.9. The van der Waals surface area contributed by atoms with E-state index in [4.69, 9.17) is 9.97 Å². The Morgan fingerprint density at radius 3 is 1.59 bits per heavy atom. The van der Waals surface area contributed by atoms with Gasteiger partial charge in [-0.15, -0.1) is 0 Å². The fourth-order valence-corrected chi connectivity index (χ4v) is 4.56. The Hall–Kier alpha value is -4.54. The summed E-state index contributed by atoms with van der Waals surface area (Å²) in [6.45, 7) is 2.93. The normalized spacial score (nSPS) is 11.6. The lowest BCUT2D eigenvalue weighted by molar-refractivity contribution is 0.0943. The number of carbonyl (C=O) groups is 2. The minimum Gasteiger partial charge on any atom is -0.352 e. The summed E-state index contributed by atoms with van der Waals surface area (Å²) in [4.78, 5) is 45.3. The molecule has 4 N–H and O–H groups in total. The number of amides is 2. The zero-order valence-corrected chi connectivity index (χ0v) is 23.9. The van der Waals surface area contributed by atoms with Crippen LogP contribution in [0.2, 0.25) is 0 Å². The summed E-state index contributed by atoms with van der Waals surface area (Å²) in [5.74, 6) is 1.26. The summed E-state index contributed by atoms with van der Waals surface area (Å²) in [5.41, 5.74) is 6.25. The van der Waals surface area contributed by atoms with Gasteiger partial charge in [0.2, 0.25) is 0 Å². The van der Waals surface area contributed by atoms with Crippen LogP contribution in [-0.4, -0.2) is 95.9 Å². The molecule has 2 amide bonds. The van der Waals surface area contributed by atoms with Crippen molar-refractivity contribution in [3.05, 3.63) is 71.8 Å². The van der Waals surface area contributed by atoms with Gasteiger partial charge in [0.25, 0.3) is 11.8 Å². The molecule has 10 nitrogen and oxygen atoms in total. The van der Waals surface area contributed by atoms with E-state index in [1.165, 1.54) is 0 Å². The highest BCUT2D eigenvalue weighted by Crippen LogP contribution is 2.26. The molecule has 212 valence electrons. The highest BCUT2D eigenvalue weighted by Gasteiger charge is 2.13. The first kappa shape index (κ1) is 28.0. The Labute approximate surface area is 239 Å². The Balaban J connectivity index is 1.27. The number of benzene rings is 3. The summed E-state index contributed by atoms with van der Waals surface area (Å²) in [6.07, 6.45) is 0.898. The van der Waals surface area contributed by atoms with E-state index in [1.807, 2.05) is 81.6 Å². The van der Waals surface area contributed by atoms with Crippen LogP contribution in [-0.2, 0) is 0 Å². The quantitative estimate of drug-likeness (QED) is 0.185. The molecule has 0 fully saturated rings. The maximum atomic E-state index is 12.6. The second-order valence-corrected chi connectivity index (χ2v) is 10.7. The van der Waals surface area contributed by atoms with Gasteiger partial charge in [0, 0.05) is 41.9 Å². The SMILES string of the molecule is CN(C)CCCNC(=O)c1ccc2nc(-c3ccc(-c4nc5ccc(C(=O)NCCN(C)C)cc5[nH]4)cc3)[nH]c2c1. The average molecular weight is 553 g/mol. The van der Waals surface area contributed by atoms with E-state index in [0.717, 1.165) is 64.4 Å². The van der Waals surface area contributed by atoms with Crippen molar-refractivity contribution in [2.45, 2.75) is 6.42 Å². The third-order valence-corrected chi connectivity index (χ3v) is 6.83. The number of rotatable bonds is 11. The molecule has 0 radical (unpaired) electrons. The second kappa shape index (κ2) is 12.3. The number of hydrogen-bond donors (Lipinski definition) is 4. The van der Waals surface area contributed by atoms with E-state index in [9.17, 15) is 9.59 Å². The third-order valence-electron chi connectivity index (χ3n) is 6.83. The van der Waals surface area contributed by atoms with Gasteiger partial charge in [-0.05, 0) is 77.6 Å². The number of aromatic amines is 2. The number of aromatic nitrogens is 4. The van der Waals surface area contributed by atoms with E-state index in [0.29, 0.717) is 24.2 Å².